The number of rotatable bonds is 6. The molecule has 3 aromatic rings. The van der Waals surface area contributed by atoms with E-state index >= 15 is 0 Å². The molecule has 0 aliphatic rings. The molecule has 4 heteroatoms. The van der Waals surface area contributed by atoms with Crippen LogP contribution in [0.5, 0.6) is 5.75 Å². The Hall–Kier alpha value is -2.88. The van der Waals surface area contributed by atoms with Crippen molar-refractivity contribution in [3.8, 4) is 5.75 Å². The third-order valence-electron chi connectivity index (χ3n) is 3.89. The number of carbonyl (C=O) groups is 1. The second-order valence-corrected chi connectivity index (χ2v) is 5.65. The lowest BCUT2D eigenvalue weighted by Crippen LogP contribution is -2.30. The fourth-order valence-electron chi connectivity index (χ4n) is 2.62. The number of para-hydroxylation sites is 2. The number of pyridine rings is 1. The molecule has 0 aliphatic carbocycles. The van der Waals surface area contributed by atoms with E-state index in [1.54, 1.807) is 6.20 Å². The Morgan fingerprint density at radius 2 is 1.92 bits per heavy atom. The van der Waals surface area contributed by atoms with Gasteiger partial charge in [0.25, 0.3) is 5.91 Å². The molecule has 0 aliphatic heterocycles. The van der Waals surface area contributed by atoms with Crippen LogP contribution in [-0.2, 0) is 11.2 Å². The molecular weight excluding hydrogens is 300 g/mol. The van der Waals surface area contributed by atoms with Crippen LogP contribution in [0.25, 0.3) is 10.9 Å². The first-order valence-electron chi connectivity index (χ1n) is 8.02. The van der Waals surface area contributed by atoms with Gasteiger partial charge in [0.1, 0.15) is 5.75 Å². The number of carbonyl (C=O) groups excluding carboxylic acids is 1. The minimum atomic E-state index is -0.119. The zero-order valence-electron chi connectivity index (χ0n) is 13.7. The van der Waals surface area contributed by atoms with E-state index in [-0.39, 0.29) is 12.5 Å². The molecule has 0 radical (unpaired) electrons. The summed E-state index contributed by atoms with van der Waals surface area (Å²) in [6.07, 6.45) is 2.53. The first-order chi connectivity index (χ1) is 11.7. The fourth-order valence-corrected chi connectivity index (χ4v) is 2.62. The summed E-state index contributed by atoms with van der Waals surface area (Å²) in [6, 6.07) is 17.7. The molecule has 2 aromatic carbocycles. The van der Waals surface area contributed by atoms with E-state index in [2.05, 4.69) is 10.3 Å². The first-order valence-corrected chi connectivity index (χ1v) is 8.02. The molecule has 1 amide bonds. The summed E-state index contributed by atoms with van der Waals surface area (Å²) in [7, 11) is 0. The van der Waals surface area contributed by atoms with Crippen LogP contribution in [0.1, 0.15) is 11.1 Å². The maximum atomic E-state index is 11.9. The second-order valence-electron chi connectivity index (χ2n) is 5.65. The van der Waals surface area contributed by atoms with Gasteiger partial charge in [-0.05, 0) is 36.6 Å². The lowest BCUT2D eigenvalue weighted by molar-refractivity contribution is -0.123. The van der Waals surface area contributed by atoms with E-state index in [9.17, 15) is 4.79 Å². The first kappa shape index (κ1) is 16.0. The Labute approximate surface area is 141 Å². The molecule has 1 N–H and O–H groups in total. The highest BCUT2D eigenvalue weighted by Crippen LogP contribution is 2.17. The number of nitrogens with one attached hydrogen (secondary N) is 1. The molecule has 0 fully saturated rings. The quantitative estimate of drug-likeness (QED) is 0.758. The van der Waals surface area contributed by atoms with Gasteiger partial charge in [0.05, 0.1) is 5.52 Å². The van der Waals surface area contributed by atoms with Crippen LogP contribution >= 0.6 is 0 Å². The Balaban J connectivity index is 1.51. The van der Waals surface area contributed by atoms with Gasteiger partial charge in [-0.25, -0.2) is 0 Å². The number of benzene rings is 2. The predicted molar refractivity (Wildman–Crippen MR) is 95.1 cm³/mol. The SMILES string of the molecule is Cc1ccccc1OCC(=O)NCCc1cccc2cccnc12. The van der Waals surface area contributed by atoms with Crippen molar-refractivity contribution in [2.75, 3.05) is 13.2 Å². The topological polar surface area (TPSA) is 51.2 Å². The van der Waals surface area contributed by atoms with Crippen molar-refractivity contribution in [2.24, 2.45) is 0 Å². The van der Waals surface area contributed by atoms with E-state index < -0.39 is 0 Å². The molecule has 0 bridgehead atoms. The second kappa shape index (κ2) is 7.59. The molecule has 3 rings (SSSR count). The Morgan fingerprint density at radius 1 is 1.08 bits per heavy atom. The van der Waals surface area contributed by atoms with Gasteiger partial charge in [0, 0.05) is 18.1 Å². The lowest BCUT2D eigenvalue weighted by atomic mass is 10.1. The van der Waals surface area contributed by atoms with Gasteiger partial charge in [0.15, 0.2) is 6.61 Å². The van der Waals surface area contributed by atoms with Crippen molar-refractivity contribution >= 4 is 16.8 Å². The van der Waals surface area contributed by atoms with Crippen LogP contribution in [0.2, 0.25) is 0 Å². The lowest BCUT2D eigenvalue weighted by Gasteiger charge is -2.10. The van der Waals surface area contributed by atoms with Crippen LogP contribution in [-0.4, -0.2) is 24.0 Å². The predicted octanol–water partition coefficient (Wildman–Crippen LogP) is 3.28. The van der Waals surface area contributed by atoms with Crippen LogP contribution in [0, 0.1) is 6.92 Å². The summed E-state index contributed by atoms with van der Waals surface area (Å²) in [4.78, 5) is 16.4. The highest BCUT2D eigenvalue weighted by atomic mass is 16.5. The van der Waals surface area contributed by atoms with Crippen LogP contribution in [0.3, 0.4) is 0 Å². The third-order valence-corrected chi connectivity index (χ3v) is 3.89. The summed E-state index contributed by atoms with van der Waals surface area (Å²) in [6.45, 7) is 2.55. The number of hydrogen-bond donors (Lipinski definition) is 1. The number of nitrogens with zero attached hydrogens (tertiary/aromatic N) is 1. The average molecular weight is 320 g/mol. The van der Waals surface area contributed by atoms with Crippen LogP contribution in [0.15, 0.2) is 60.8 Å². The van der Waals surface area contributed by atoms with Gasteiger partial charge in [-0.3, -0.25) is 9.78 Å². The molecule has 122 valence electrons. The summed E-state index contributed by atoms with van der Waals surface area (Å²) < 4.78 is 5.55. The van der Waals surface area contributed by atoms with E-state index in [0.29, 0.717) is 6.54 Å². The Kier molecular flexibility index (Phi) is 5.06. The van der Waals surface area contributed by atoms with E-state index in [4.69, 9.17) is 4.74 Å². The minimum absolute atomic E-state index is 0.0264. The maximum Gasteiger partial charge on any atom is 0.257 e. The van der Waals surface area contributed by atoms with Crippen molar-refractivity contribution in [2.45, 2.75) is 13.3 Å². The van der Waals surface area contributed by atoms with Crippen molar-refractivity contribution in [1.82, 2.24) is 10.3 Å². The van der Waals surface area contributed by atoms with E-state index in [1.165, 1.54) is 0 Å². The van der Waals surface area contributed by atoms with Gasteiger partial charge in [0.2, 0.25) is 0 Å². The summed E-state index contributed by atoms with van der Waals surface area (Å²) in [5.41, 5.74) is 3.14. The maximum absolute atomic E-state index is 11.9. The summed E-state index contributed by atoms with van der Waals surface area (Å²) in [5, 5.41) is 4.01. The van der Waals surface area contributed by atoms with Crippen molar-refractivity contribution in [3.63, 3.8) is 0 Å². The number of aryl methyl sites for hydroxylation is 1. The monoisotopic (exact) mass is 320 g/mol. The highest BCUT2D eigenvalue weighted by Gasteiger charge is 2.06. The average Bonchev–Trinajstić information content (AvgIpc) is 2.61. The van der Waals surface area contributed by atoms with Gasteiger partial charge in [-0.1, -0.05) is 42.5 Å². The smallest absolute Gasteiger partial charge is 0.257 e. The van der Waals surface area contributed by atoms with E-state index in [1.807, 2.05) is 61.5 Å². The van der Waals surface area contributed by atoms with Gasteiger partial charge in [-0.15, -0.1) is 0 Å². The molecule has 4 nitrogen and oxygen atoms in total. The molecule has 1 heterocycles. The number of ether oxygens (including phenoxy) is 1. The normalized spacial score (nSPS) is 10.5. The zero-order valence-corrected chi connectivity index (χ0v) is 13.7. The summed E-state index contributed by atoms with van der Waals surface area (Å²) in [5.74, 6) is 0.623. The molecule has 24 heavy (non-hydrogen) atoms. The molecular formula is C20H20N2O2. The largest absolute Gasteiger partial charge is 0.484 e. The number of aromatic nitrogens is 1. The van der Waals surface area contributed by atoms with Crippen LogP contribution in [0.4, 0.5) is 0 Å². The zero-order chi connectivity index (χ0) is 16.8. The molecule has 0 atom stereocenters. The molecule has 0 spiro atoms. The Bertz CT molecular complexity index is 840. The molecule has 0 saturated carbocycles. The van der Waals surface area contributed by atoms with Crippen molar-refractivity contribution in [3.05, 3.63) is 71.9 Å². The standard InChI is InChI=1S/C20H20N2O2/c1-15-6-2-3-10-18(15)24-14-19(23)21-13-11-17-8-4-7-16-9-5-12-22-20(16)17/h2-10,12H,11,13-14H2,1H3,(H,21,23). The van der Waals surface area contributed by atoms with Crippen LogP contribution < -0.4 is 10.1 Å². The number of fused-ring (bicyclic) bond motifs is 1. The molecule has 1 aromatic heterocycles. The van der Waals surface area contributed by atoms with Crippen molar-refractivity contribution in [1.29, 1.82) is 0 Å². The van der Waals surface area contributed by atoms with Gasteiger partial charge < -0.3 is 10.1 Å². The van der Waals surface area contributed by atoms with Gasteiger partial charge in [-0.2, -0.15) is 0 Å². The van der Waals surface area contributed by atoms with Crippen molar-refractivity contribution < 1.29 is 9.53 Å². The van der Waals surface area contributed by atoms with Gasteiger partial charge >= 0.3 is 0 Å². The minimum Gasteiger partial charge on any atom is -0.484 e. The van der Waals surface area contributed by atoms with E-state index in [0.717, 1.165) is 34.2 Å². The summed E-state index contributed by atoms with van der Waals surface area (Å²) >= 11 is 0. The number of hydrogen-bond acceptors (Lipinski definition) is 3. The molecule has 0 saturated heterocycles. The highest BCUT2D eigenvalue weighted by molar-refractivity contribution is 5.81. The molecule has 0 unspecified atom stereocenters. The Morgan fingerprint density at radius 3 is 2.79 bits per heavy atom. The third kappa shape index (κ3) is 3.90. The fraction of sp³-hybridized carbons (Fsp3) is 0.200. The number of amides is 1.